The van der Waals surface area contributed by atoms with E-state index in [0.29, 0.717) is 11.3 Å². The number of amides is 4. The number of imide groups is 2. The quantitative estimate of drug-likeness (QED) is 0.269. The fourth-order valence-electron chi connectivity index (χ4n) is 7.88. The Morgan fingerprint density at radius 3 is 2.24 bits per heavy atom. The van der Waals surface area contributed by atoms with Crippen molar-refractivity contribution in [1.29, 1.82) is 0 Å². The fraction of sp³-hybridized carbons (Fsp3) is 0.312. The van der Waals surface area contributed by atoms with Gasteiger partial charge < -0.3 is 9.52 Å². The molecule has 4 saturated carbocycles. The smallest absolute Gasteiger partial charge is 0.335 e. The van der Waals surface area contributed by atoms with Crippen molar-refractivity contribution in [1.82, 2.24) is 5.32 Å². The van der Waals surface area contributed by atoms with Crippen LogP contribution in [0, 0.1) is 17.8 Å². The van der Waals surface area contributed by atoms with Crippen molar-refractivity contribution in [3.05, 3.63) is 82.1 Å². The van der Waals surface area contributed by atoms with Gasteiger partial charge in [-0.25, -0.2) is 14.5 Å². The lowest BCUT2D eigenvalue weighted by Gasteiger charge is -2.57. The van der Waals surface area contributed by atoms with Crippen LogP contribution in [0.2, 0.25) is 5.02 Å². The van der Waals surface area contributed by atoms with Gasteiger partial charge in [0.25, 0.3) is 11.8 Å². The van der Waals surface area contributed by atoms with Crippen LogP contribution in [-0.2, 0) is 15.0 Å². The number of nitrogens with zero attached hydrogens (tertiary/aromatic N) is 1. The highest BCUT2D eigenvalue weighted by Gasteiger charge is 2.51. The number of nitrogens with one attached hydrogen (secondary N) is 1. The van der Waals surface area contributed by atoms with Gasteiger partial charge in [-0.2, -0.15) is 0 Å². The molecule has 1 aromatic heterocycles. The lowest BCUT2D eigenvalue weighted by Crippen LogP contribution is -2.54. The van der Waals surface area contributed by atoms with E-state index in [9.17, 15) is 24.3 Å². The standard InChI is InChI=1S/C32H27ClN2O6/c33-26-7-1-20(30(38)39)12-24(26)27-8-6-23(41-27)13-25-28(36)34-31(40)35(29(25)37)22-4-2-21(3-5-22)32-14-17-9-18(15-32)11-19(10-17)16-32/h1-8,12-13,17-19H,9-11,14-16H2,(H,38,39)(H,34,36,40)/b25-13+. The minimum atomic E-state index is -1.11. The van der Waals surface area contributed by atoms with E-state index in [-0.39, 0.29) is 33.1 Å². The van der Waals surface area contributed by atoms with Crippen molar-refractivity contribution in [3.63, 3.8) is 0 Å². The number of carbonyl (C=O) groups is 4. The number of furan rings is 1. The molecule has 5 fully saturated rings. The summed E-state index contributed by atoms with van der Waals surface area (Å²) in [5.41, 5.74) is 1.97. The summed E-state index contributed by atoms with van der Waals surface area (Å²) in [7, 11) is 0. The number of benzene rings is 2. The normalized spacial score (nSPS) is 27.9. The van der Waals surface area contributed by atoms with Crippen molar-refractivity contribution < 1.29 is 28.7 Å². The highest BCUT2D eigenvalue weighted by Crippen LogP contribution is 2.60. The van der Waals surface area contributed by atoms with Gasteiger partial charge in [0.15, 0.2) is 0 Å². The van der Waals surface area contributed by atoms with Crippen molar-refractivity contribution in [2.45, 2.75) is 43.9 Å². The zero-order valence-electron chi connectivity index (χ0n) is 22.1. The number of barbiturate groups is 1. The summed E-state index contributed by atoms with van der Waals surface area (Å²) >= 11 is 6.25. The average Bonchev–Trinajstić information content (AvgIpc) is 3.39. The van der Waals surface area contributed by atoms with E-state index in [1.165, 1.54) is 74.4 Å². The molecule has 9 heteroatoms. The monoisotopic (exact) mass is 570 g/mol. The SMILES string of the molecule is O=C1NC(=O)N(c2ccc(C34CC5CC(CC(C5)C3)C4)cc2)C(=O)/C1=C/c1ccc(-c2cc(C(=O)O)ccc2Cl)o1. The van der Waals surface area contributed by atoms with Crippen molar-refractivity contribution in [2.75, 3.05) is 4.90 Å². The third kappa shape index (κ3) is 4.37. The number of rotatable bonds is 5. The summed E-state index contributed by atoms with van der Waals surface area (Å²) in [6, 6.07) is 14.2. The van der Waals surface area contributed by atoms with Gasteiger partial charge in [-0.3, -0.25) is 14.9 Å². The van der Waals surface area contributed by atoms with Crippen molar-refractivity contribution in [2.24, 2.45) is 17.8 Å². The maximum absolute atomic E-state index is 13.5. The molecule has 2 aromatic carbocycles. The third-order valence-corrected chi connectivity index (χ3v) is 9.60. The van der Waals surface area contributed by atoms with Gasteiger partial charge in [0, 0.05) is 5.56 Å². The number of hydrogen-bond donors (Lipinski definition) is 2. The van der Waals surface area contributed by atoms with Gasteiger partial charge >= 0.3 is 12.0 Å². The summed E-state index contributed by atoms with van der Waals surface area (Å²) in [6.07, 6.45) is 8.93. The van der Waals surface area contributed by atoms with Gasteiger partial charge in [-0.05, 0) is 116 Å². The predicted molar refractivity (Wildman–Crippen MR) is 151 cm³/mol. The molecule has 1 saturated heterocycles. The maximum atomic E-state index is 13.5. The fourth-order valence-corrected chi connectivity index (χ4v) is 8.10. The van der Waals surface area contributed by atoms with Crippen LogP contribution in [0.15, 0.2) is 64.6 Å². The van der Waals surface area contributed by atoms with Crippen molar-refractivity contribution >= 4 is 47.2 Å². The van der Waals surface area contributed by atoms with E-state index in [0.717, 1.165) is 22.7 Å². The van der Waals surface area contributed by atoms with Crippen LogP contribution in [0.25, 0.3) is 17.4 Å². The number of anilines is 1. The van der Waals surface area contributed by atoms with Gasteiger partial charge in [-0.15, -0.1) is 0 Å². The Bertz CT molecular complexity index is 1620. The van der Waals surface area contributed by atoms with E-state index in [1.54, 1.807) is 18.2 Å². The molecule has 4 bridgehead atoms. The largest absolute Gasteiger partial charge is 0.478 e. The second kappa shape index (κ2) is 9.45. The Morgan fingerprint density at radius 2 is 1.61 bits per heavy atom. The Hall–Kier alpha value is -4.17. The Labute approximate surface area is 241 Å². The topological polar surface area (TPSA) is 117 Å². The minimum absolute atomic E-state index is 0.0332. The molecule has 5 aliphatic rings. The lowest BCUT2D eigenvalue weighted by molar-refractivity contribution is -0.122. The molecule has 41 heavy (non-hydrogen) atoms. The molecule has 0 atom stereocenters. The number of hydrogen-bond acceptors (Lipinski definition) is 5. The molecule has 2 N–H and O–H groups in total. The van der Waals surface area contributed by atoms with Gasteiger partial charge in [0.05, 0.1) is 16.3 Å². The average molecular weight is 571 g/mol. The Kier molecular flexibility index (Phi) is 5.94. The maximum Gasteiger partial charge on any atom is 0.335 e. The molecule has 1 aliphatic heterocycles. The van der Waals surface area contributed by atoms with Crippen LogP contribution in [0.3, 0.4) is 0 Å². The Balaban J connectivity index is 1.15. The molecule has 208 valence electrons. The number of urea groups is 1. The molecular formula is C32H27ClN2O6. The second-order valence-electron chi connectivity index (χ2n) is 11.9. The first-order valence-electron chi connectivity index (χ1n) is 13.8. The molecule has 3 aromatic rings. The first-order chi connectivity index (χ1) is 19.7. The van der Waals surface area contributed by atoms with Crippen molar-refractivity contribution in [3.8, 4) is 11.3 Å². The van der Waals surface area contributed by atoms with Crippen LogP contribution in [0.1, 0.15) is 60.2 Å². The molecule has 8 rings (SSSR count). The lowest BCUT2D eigenvalue weighted by atomic mass is 9.48. The number of carboxylic acid groups (broad SMARTS) is 1. The number of aromatic carboxylic acids is 1. The van der Waals surface area contributed by atoms with Crippen LogP contribution in [-0.4, -0.2) is 28.9 Å². The first-order valence-corrected chi connectivity index (χ1v) is 14.2. The second-order valence-corrected chi connectivity index (χ2v) is 12.3. The number of carboxylic acids is 1. The number of carbonyl (C=O) groups excluding carboxylic acids is 3. The van der Waals surface area contributed by atoms with Crippen LogP contribution < -0.4 is 10.2 Å². The highest BCUT2D eigenvalue weighted by molar-refractivity contribution is 6.39. The summed E-state index contributed by atoms with van der Waals surface area (Å²) in [4.78, 5) is 51.3. The van der Waals surface area contributed by atoms with Gasteiger partial charge in [0.1, 0.15) is 17.1 Å². The zero-order valence-corrected chi connectivity index (χ0v) is 22.8. The molecule has 8 nitrogen and oxygen atoms in total. The first kappa shape index (κ1) is 25.8. The van der Waals surface area contributed by atoms with E-state index < -0.39 is 23.8 Å². The molecule has 4 aliphatic carbocycles. The molecule has 4 amide bonds. The van der Waals surface area contributed by atoms with Crippen LogP contribution >= 0.6 is 11.6 Å². The Morgan fingerprint density at radius 1 is 0.951 bits per heavy atom. The summed E-state index contributed by atoms with van der Waals surface area (Å²) in [6.45, 7) is 0. The molecule has 0 unspecified atom stereocenters. The van der Waals surface area contributed by atoms with E-state index in [4.69, 9.17) is 16.0 Å². The third-order valence-electron chi connectivity index (χ3n) is 9.27. The van der Waals surface area contributed by atoms with Crippen LogP contribution in [0.4, 0.5) is 10.5 Å². The van der Waals surface area contributed by atoms with E-state index >= 15 is 0 Å². The minimum Gasteiger partial charge on any atom is -0.478 e. The summed E-state index contributed by atoms with van der Waals surface area (Å²) in [5, 5.41) is 11.8. The summed E-state index contributed by atoms with van der Waals surface area (Å²) in [5.74, 6) is 0.131. The molecule has 0 radical (unpaired) electrons. The molecule has 2 heterocycles. The molecular weight excluding hydrogens is 544 g/mol. The van der Waals surface area contributed by atoms with E-state index in [2.05, 4.69) is 5.32 Å². The van der Waals surface area contributed by atoms with Crippen LogP contribution in [0.5, 0.6) is 0 Å². The number of halogens is 1. The molecule has 0 spiro atoms. The zero-order chi connectivity index (χ0) is 28.5. The van der Waals surface area contributed by atoms with Gasteiger partial charge in [-0.1, -0.05) is 23.7 Å². The van der Waals surface area contributed by atoms with Gasteiger partial charge in [0.2, 0.25) is 0 Å². The van der Waals surface area contributed by atoms with E-state index in [1.807, 2.05) is 12.1 Å². The highest BCUT2D eigenvalue weighted by atomic mass is 35.5. The predicted octanol–water partition coefficient (Wildman–Crippen LogP) is 6.43. The summed E-state index contributed by atoms with van der Waals surface area (Å²) < 4.78 is 5.80.